The van der Waals surface area contributed by atoms with Gasteiger partial charge in [0.05, 0.1) is 5.92 Å². The lowest BCUT2D eigenvalue weighted by molar-refractivity contribution is -0.126. The average molecular weight is 402 g/mol. The van der Waals surface area contributed by atoms with Crippen LogP contribution in [0.3, 0.4) is 0 Å². The van der Waals surface area contributed by atoms with Gasteiger partial charge in [-0.1, -0.05) is 0 Å². The van der Waals surface area contributed by atoms with Crippen LogP contribution >= 0.6 is 12.4 Å². The number of carbonyl (C=O) groups excluding carboxylic acids is 1. The summed E-state index contributed by atoms with van der Waals surface area (Å²) in [6, 6.07) is 0.510. The molecule has 0 radical (unpaired) electrons. The number of amides is 1. The lowest BCUT2D eigenvalue weighted by Crippen LogP contribution is -2.46. The fraction of sp³-hybridized carbons (Fsp3) is 0.500. The molecule has 1 aliphatic rings. The van der Waals surface area contributed by atoms with Crippen molar-refractivity contribution in [3.05, 3.63) is 29.6 Å². The van der Waals surface area contributed by atoms with Crippen LogP contribution in [0.1, 0.15) is 12.8 Å². The van der Waals surface area contributed by atoms with E-state index in [-0.39, 0.29) is 50.6 Å². The summed E-state index contributed by atoms with van der Waals surface area (Å²) < 4.78 is 66.0. The Hall–Kier alpha value is -1.36. The Morgan fingerprint density at radius 3 is 2.52 bits per heavy atom. The molecule has 0 saturated carbocycles. The van der Waals surface area contributed by atoms with E-state index in [1.165, 1.54) is 0 Å². The topological polar surface area (TPSA) is 92.5 Å². The normalized spacial score (nSPS) is 18.5. The van der Waals surface area contributed by atoms with Crippen LogP contribution in [0.25, 0.3) is 0 Å². The largest absolute Gasteiger partial charge is 0.355 e. The number of nitrogens with two attached hydrogens (primary N) is 1. The molecule has 3 N–H and O–H groups in total. The highest BCUT2D eigenvalue weighted by Crippen LogP contribution is 2.26. The van der Waals surface area contributed by atoms with Crippen molar-refractivity contribution in [1.29, 1.82) is 0 Å². The van der Waals surface area contributed by atoms with Gasteiger partial charge < -0.3 is 11.1 Å². The highest BCUT2D eigenvalue weighted by atomic mass is 35.5. The number of rotatable bonds is 5. The van der Waals surface area contributed by atoms with Crippen molar-refractivity contribution < 1.29 is 26.4 Å². The van der Waals surface area contributed by atoms with Crippen molar-refractivity contribution >= 4 is 28.3 Å². The Morgan fingerprint density at radius 2 is 1.88 bits per heavy atom. The van der Waals surface area contributed by atoms with Crippen LogP contribution in [0.5, 0.6) is 0 Å². The summed E-state index contributed by atoms with van der Waals surface area (Å²) in [7, 11) is -4.37. The number of benzene rings is 1. The molecule has 25 heavy (non-hydrogen) atoms. The third-order valence-corrected chi connectivity index (χ3v) is 5.67. The molecule has 0 spiro atoms. The first kappa shape index (κ1) is 21.7. The molecule has 1 heterocycles. The highest BCUT2D eigenvalue weighted by molar-refractivity contribution is 7.89. The van der Waals surface area contributed by atoms with Crippen molar-refractivity contribution in [1.82, 2.24) is 9.62 Å². The maximum Gasteiger partial charge on any atom is 0.246 e. The fourth-order valence-corrected chi connectivity index (χ4v) is 4.14. The molecule has 1 atom stereocenters. The van der Waals surface area contributed by atoms with Gasteiger partial charge in [0.1, 0.15) is 10.7 Å². The summed E-state index contributed by atoms with van der Waals surface area (Å²) in [6.45, 7) is 0.430. The van der Waals surface area contributed by atoms with Crippen molar-refractivity contribution in [3.8, 4) is 0 Å². The number of hydrogen-bond donors (Lipinski definition) is 2. The van der Waals surface area contributed by atoms with Gasteiger partial charge in [0.15, 0.2) is 11.6 Å². The van der Waals surface area contributed by atoms with Gasteiger partial charge in [-0.15, -0.1) is 12.4 Å². The molecule has 0 bridgehead atoms. The maximum absolute atomic E-state index is 13.8. The first-order valence-electron chi connectivity index (χ1n) is 7.40. The predicted molar refractivity (Wildman–Crippen MR) is 87.1 cm³/mol. The molecular formula is C14H19ClF3N3O3S. The van der Waals surface area contributed by atoms with E-state index in [1.807, 2.05) is 0 Å². The van der Waals surface area contributed by atoms with E-state index in [0.717, 1.165) is 4.31 Å². The molecule has 6 nitrogen and oxygen atoms in total. The Kier molecular flexibility index (Phi) is 7.66. The summed E-state index contributed by atoms with van der Waals surface area (Å²) in [5.74, 6) is -5.24. The molecule has 1 saturated heterocycles. The Labute approximate surface area is 150 Å². The average Bonchev–Trinajstić information content (AvgIpc) is 2.55. The molecule has 11 heteroatoms. The number of hydrogen-bond acceptors (Lipinski definition) is 4. The molecule has 1 aliphatic heterocycles. The van der Waals surface area contributed by atoms with Gasteiger partial charge in [0, 0.05) is 32.2 Å². The van der Waals surface area contributed by atoms with Gasteiger partial charge in [-0.05, 0) is 18.9 Å². The minimum atomic E-state index is -4.37. The summed E-state index contributed by atoms with van der Waals surface area (Å²) in [5.41, 5.74) is 5.29. The molecule has 0 aliphatic carbocycles. The first-order valence-corrected chi connectivity index (χ1v) is 8.84. The second kappa shape index (κ2) is 8.84. The lowest BCUT2D eigenvalue weighted by atomic mass is 9.99. The molecule has 0 aromatic heterocycles. The third kappa shape index (κ3) is 4.84. The molecular weight excluding hydrogens is 383 g/mol. The molecule has 1 unspecified atom stereocenters. The lowest BCUT2D eigenvalue weighted by Gasteiger charge is -2.31. The third-order valence-electron chi connectivity index (χ3n) is 3.79. The van der Waals surface area contributed by atoms with E-state index in [2.05, 4.69) is 5.32 Å². The van der Waals surface area contributed by atoms with Crippen molar-refractivity contribution in [2.45, 2.75) is 17.7 Å². The molecule has 1 amide bonds. The number of carbonyl (C=O) groups is 1. The Balaban J connectivity index is 0.00000312. The van der Waals surface area contributed by atoms with E-state index in [9.17, 15) is 26.4 Å². The minimum Gasteiger partial charge on any atom is -0.355 e. The second-order valence-corrected chi connectivity index (χ2v) is 7.39. The van der Waals surface area contributed by atoms with Crippen molar-refractivity contribution in [2.75, 3.05) is 26.2 Å². The van der Waals surface area contributed by atoms with E-state index in [1.54, 1.807) is 0 Å². The quantitative estimate of drug-likeness (QED) is 0.720. The Bertz CT molecular complexity index is 734. The van der Waals surface area contributed by atoms with Gasteiger partial charge in [0.2, 0.25) is 15.9 Å². The zero-order valence-electron chi connectivity index (χ0n) is 13.2. The standard InChI is InChI=1S/C14H18F3N3O3S.ClH/c15-10-6-12(17)13(7-11(10)16)24(22,23)20-5-1-2-9(8-20)14(21)19-4-3-18;/h6-7,9H,1-5,8,18H2,(H,19,21);1H. The highest BCUT2D eigenvalue weighted by Gasteiger charge is 2.35. The van der Waals surface area contributed by atoms with Crippen molar-refractivity contribution in [3.63, 3.8) is 0 Å². The SMILES string of the molecule is Cl.NCCNC(=O)C1CCCN(S(=O)(=O)c2cc(F)c(F)cc2F)C1. The first-order chi connectivity index (χ1) is 11.3. The van der Waals surface area contributed by atoms with E-state index < -0.39 is 38.3 Å². The molecule has 142 valence electrons. The second-order valence-electron chi connectivity index (χ2n) is 5.48. The van der Waals surface area contributed by atoms with Crippen molar-refractivity contribution in [2.24, 2.45) is 11.7 Å². The fourth-order valence-electron chi connectivity index (χ4n) is 2.56. The minimum absolute atomic E-state index is 0. The van der Waals surface area contributed by atoms with Gasteiger partial charge >= 0.3 is 0 Å². The summed E-state index contributed by atoms with van der Waals surface area (Å²) in [4.78, 5) is 11.0. The van der Waals surface area contributed by atoms with Crippen LogP contribution in [-0.4, -0.2) is 44.8 Å². The van der Waals surface area contributed by atoms with Crippen LogP contribution < -0.4 is 11.1 Å². The van der Waals surface area contributed by atoms with Crippen LogP contribution in [0.2, 0.25) is 0 Å². The monoisotopic (exact) mass is 401 g/mol. The number of halogens is 4. The van der Waals surface area contributed by atoms with Crippen LogP contribution in [0, 0.1) is 23.4 Å². The van der Waals surface area contributed by atoms with Crippen LogP contribution in [0.4, 0.5) is 13.2 Å². The molecule has 1 fully saturated rings. The molecule has 2 rings (SSSR count). The molecule has 1 aromatic rings. The number of piperidine rings is 1. The maximum atomic E-state index is 13.8. The van der Waals surface area contributed by atoms with Crippen LogP contribution in [-0.2, 0) is 14.8 Å². The van der Waals surface area contributed by atoms with Crippen LogP contribution in [0.15, 0.2) is 17.0 Å². The van der Waals surface area contributed by atoms with E-state index in [4.69, 9.17) is 5.73 Å². The van der Waals surface area contributed by atoms with E-state index in [0.29, 0.717) is 18.9 Å². The smallest absolute Gasteiger partial charge is 0.246 e. The zero-order chi connectivity index (χ0) is 17.9. The van der Waals surface area contributed by atoms with Gasteiger partial charge in [0.25, 0.3) is 0 Å². The van der Waals surface area contributed by atoms with Gasteiger partial charge in [-0.3, -0.25) is 4.79 Å². The predicted octanol–water partition coefficient (Wildman–Crippen LogP) is 1.00. The zero-order valence-corrected chi connectivity index (χ0v) is 14.8. The molecule has 1 aromatic carbocycles. The van der Waals surface area contributed by atoms with E-state index >= 15 is 0 Å². The summed E-state index contributed by atoms with van der Waals surface area (Å²) in [5, 5.41) is 2.57. The van der Waals surface area contributed by atoms with Gasteiger partial charge in [-0.2, -0.15) is 4.31 Å². The number of sulfonamides is 1. The number of nitrogens with one attached hydrogen (secondary N) is 1. The summed E-state index contributed by atoms with van der Waals surface area (Å²) in [6.07, 6.45) is 0.869. The number of nitrogens with zero attached hydrogens (tertiary/aromatic N) is 1. The Morgan fingerprint density at radius 1 is 1.24 bits per heavy atom. The summed E-state index contributed by atoms with van der Waals surface area (Å²) >= 11 is 0. The van der Waals surface area contributed by atoms with Gasteiger partial charge in [-0.25, -0.2) is 21.6 Å².